The molecule has 0 spiro atoms. The molecule has 0 bridgehead atoms. The zero-order valence-corrected chi connectivity index (χ0v) is 15.1. The summed E-state index contributed by atoms with van der Waals surface area (Å²) in [5, 5.41) is 17.6. The summed E-state index contributed by atoms with van der Waals surface area (Å²) < 4.78 is 15.8. The van der Waals surface area contributed by atoms with E-state index < -0.39 is 17.7 Å². The number of rotatable bonds is 7. The van der Waals surface area contributed by atoms with Gasteiger partial charge in [-0.25, -0.2) is 4.79 Å². The average Bonchev–Trinajstić information content (AvgIpc) is 2.67. The summed E-state index contributed by atoms with van der Waals surface area (Å²) in [6.07, 6.45) is 0. The Morgan fingerprint density at radius 3 is 2.59 bits per heavy atom. The number of benzene rings is 2. The molecule has 0 aliphatic heterocycles. The molecule has 2 N–H and O–H groups in total. The van der Waals surface area contributed by atoms with Crippen LogP contribution in [-0.4, -0.2) is 29.9 Å². The predicted molar refractivity (Wildman–Crippen MR) is 100 cm³/mol. The zero-order valence-electron chi connectivity index (χ0n) is 14.2. The lowest BCUT2D eigenvalue weighted by Crippen LogP contribution is -2.25. The van der Waals surface area contributed by atoms with Crippen molar-refractivity contribution in [3.63, 3.8) is 0 Å². The van der Waals surface area contributed by atoms with E-state index in [1.165, 1.54) is 31.4 Å². The van der Waals surface area contributed by atoms with E-state index in [0.717, 1.165) is 5.56 Å². The van der Waals surface area contributed by atoms with Crippen LogP contribution in [0.15, 0.2) is 63.8 Å². The van der Waals surface area contributed by atoms with Gasteiger partial charge < -0.3 is 19.4 Å². The summed E-state index contributed by atoms with van der Waals surface area (Å²) >= 11 is 0.451. The topological polar surface area (TPSA) is 106 Å². The molecule has 140 valence electrons. The summed E-state index contributed by atoms with van der Waals surface area (Å²) in [4.78, 5) is 23.0. The van der Waals surface area contributed by atoms with Gasteiger partial charge in [0.05, 0.1) is 17.4 Å². The van der Waals surface area contributed by atoms with Crippen LogP contribution < -0.4 is 5.43 Å². The monoisotopic (exact) mass is 388 g/mol. The molecular formula is C19H16O7S. The normalized spacial score (nSPS) is 13.4. The van der Waals surface area contributed by atoms with E-state index in [1.54, 1.807) is 0 Å². The van der Waals surface area contributed by atoms with Crippen LogP contribution in [0.1, 0.15) is 5.56 Å². The number of carbonyl (C=O) groups is 1. The lowest BCUT2D eigenvalue weighted by atomic mass is 10.1. The van der Waals surface area contributed by atoms with E-state index in [0.29, 0.717) is 23.2 Å². The van der Waals surface area contributed by atoms with Gasteiger partial charge in [0.15, 0.2) is 12.0 Å². The van der Waals surface area contributed by atoms with Gasteiger partial charge in [0.1, 0.15) is 11.3 Å². The van der Waals surface area contributed by atoms with E-state index in [2.05, 4.69) is 0 Å². The van der Waals surface area contributed by atoms with Crippen LogP contribution >= 0.6 is 12.0 Å². The molecule has 7 nitrogen and oxygen atoms in total. The van der Waals surface area contributed by atoms with Crippen LogP contribution in [0.25, 0.3) is 22.3 Å². The van der Waals surface area contributed by atoms with Gasteiger partial charge in [0.2, 0.25) is 0 Å². The van der Waals surface area contributed by atoms with Crippen LogP contribution in [-0.2, 0) is 18.8 Å². The van der Waals surface area contributed by atoms with Crippen LogP contribution in [0.4, 0.5) is 0 Å². The smallest absolute Gasteiger partial charge is 0.331 e. The maximum absolute atomic E-state index is 12.4. The molecule has 0 fully saturated rings. The Kier molecular flexibility index (Phi) is 5.62. The van der Waals surface area contributed by atoms with E-state index in [1.807, 2.05) is 30.3 Å². The average molecular weight is 388 g/mol. The van der Waals surface area contributed by atoms with Gasteiger partial charge in [-0.15, -0.1) is 0 Å². The van der Waals surface area contributed by atoms with Crippen LogP contribution in [0.5, 0.6) is 0 Å². The third-order valence-electron chi connectivity index (χ3n) is 3.78. The highest BCUT2D eigenvalue weighted by Crippen LogP contribution is 2.36. The molecule has 0 aliphatic rings. The SMILES string of the molecule is COC(O)(SOCC(=O)O)c1ccc2c(=O)cc(-c3ccccc3)oc2c1. The lowest BCUT2D eigenvalue weighted by Gasteiger charge is -2.24. The molecule has 27 heavy (non-hydrogen) atoms. The van der Waals surface area contributed by atoms with Crippen LogP contribution in [0.3, 0.4) is 0 Å². The van der Waals surface area contributed by atoms with Crippen molar-refractivity contribution in [2.45, 2.75) is 5.12 Å². The number of hydrogen-bond donors (Lipinski definition) is 2. The summed E-state index contributed by atoms with van der Waals surface area (Å²) in [5.74, 6) is -0.793. The van der Waals surface area contributed by atoms with E-state index in [-0.39, 0.29) is 16.6 Å². The highest BCUT2D eigenvalue weighted by atomic mass is 32.2. The largest absolute Gasteiger partial charge is 0.479 e. The number of carboxylic acid groups (broad SMARTS) is 1. The number of ether oxygens (including phenoxy) is 1. The van der Waals surface area contributed by atoms with Crippen molar-refractivity contribution >= 4 is 29.0 Å². The molecule has 0 saturated heterocycles. The standard InChI is InChI=1S/C19H16O7S/c1-24-19(23,27-25-11-18(21)22)13-7-8-14-15(20)10-16(26-17(14)9-13)12-5-3-2-4-6-12/h2-10,23H,11H2,1H3,(H,21,22). The summed E-state index contributed by atoms with van der Waals surface area (Å²) in [7, 11) is 1.25. The minimum atomic E-state index is -1.97. The van der Waals surface area contributed by atoms with E-state index >= 15 is 0 Å². The number of hydrogen-bond acceptors (Lipinski definition) is 7. The van der Waals surface area contributed by atoms with Gasteiger partial charge >= 0.3 is 5.97 Å². The molecule has 3 rings (SSSR count). The van der Waals surface area contributed by atoms with Crippen LogP contribution in [0.2, 0.25) is 0 Å². The number of fused-ring (bicyclic) bond motifs is 1. The zero-order chi connectivity index (χ0) is 19.4. The van der Waals surface area contributed by atoms with Crippen molar-refractivity contribution in [1.29, 1.82) is 0 Å². The molecule has 0 radical (unpaired) electrons. The minimum Gasteiger partial charge on any atom is -0.479 e. The molecule has 0 saturated carbocycles. The highest BCUT2D eigenvalue weighted by molar-refractivity contribution is 7.95. The first-order chi connectivity index (χ1) is 12.9. The van der Waals surface area contributed by atoms with Gasteiger partial charge in [-0.3, -0.25) is 8.98 Å². The third kappa shape index (κ3) is 4.20. The molecule has 1 aromatic heterocycles. The Labute approximate surface area is 158 Å². The first-order valence-electron chi connectivity index (χ1n) is 7.87. The third-order valence-corrected chi connectivity index (χ3v) is 4.65. The molecular weight excluding hydrogens is 372 g/mol. The lowest BCUT2D eigenvalue weighted by molar-refractivity contribution is -0.140. The Bertz CT molecular complexity index is 1020. The first-order valence-corrected chi connectivity index (χ1v) is 8.61. The molecule has 2 aromatic carbocycles. The Morgan fingerprint density at radius 1 is 1.19 bits per heavy atom. The molecule has 1 unspecified atom stereocenters. The first kappa shape index (κ1) is 19.1. The number of methoxy groups -OCH3 is 1. The Morgan fingerprint density at radius 2 is 1.93 bits per heavy atom. The van der Waals surface area contributed by atoms with Crippen molar-refractivity contribution in [3.05, 3.63) is 70.4 Å². The van der Waals surface area contributed by atoms with Crippen LogP contribution in [0, 0.1) is 0 Å². The van der Waals surface area contributed by atoms with Crippen molar-refractivity contribution in [2.24, 2.45) is 0 Å². The van der Waals surface area contributed by atoms with Gasteiger partial charge in [-0.2, -0.15) is 0 Å². The molecule has 1 heterocycles. The fourth-order valence-corrected chi connectivity index (χ4v) is 3.07. The number of carboxylic acids is 1. The van der Waals surface area contributed by atoms with Crippen molar-refractivity contribution < 1.29 is 28.3 Å². The maximum Gasteiger partial charge on any atom is 0.331 e. The summed E-state index contributed by atoms with van der Waals surface area (Å²) in [6.45, 7) is -0.614. The van der Waals surface area contributed by atoms with Gasteiger partial charge in [-0.05, 0) is 12.1 Å². The van der Waals surface area contributed by atoms with Gasteiger partial charge in [-0.1, -0.05) is 36.4 Å². The minimum absolute atomic E-state index is 0.225. The summed E-state index contributed by atoms with van der Waals surface area (Å²) in [5.41, 5.74) is 1.01. The second kappa shape index (κ2) is 7.93. The Balaban J connectivity index is 2.02. The second-order valence-electron chi connectivity index (χ2n) is 5.58. The predicted octanol–water partition coefficient (Wildman–Crippen LogP) is 2.96. The molecule has 0 aliphatic carbocycles. The fourth-order valence-electron chi connectivity index (χ4n) is 2.46. The quantitative estimate of drug-likeness (QED) is 0.470. The van der Waals surface area contributed by atoms with Crippen molar-refractivity contribution in [1.82, 2.24) is 0 Å². The maximum atomic E-state index is 12.4. The molecule has 3 aromatic rings. The molecule has 0 amide bonds. The summed E-state index contributed by atoms with van der Waals surface area (Å²) in [6, 6.07) is 15.0. The van der Waals surface area contributed by atoms with Crippen molar-refractivity contribution in [3.8, 4) is 11.3 Å². The number of aliphatic hydroxyl groups is 1. The van der Waals surface area contributed by atoms with E-state index in [4.69, 9.17) is 18.4 Å². The molecule has 8 heteroatoms. The second-order valence-corrected chi connectivity index (χ2v) is 6.53. The van der Waals surface area contributed by atoms with Gasteiger partial charge in [0, 0.05) is 24.3 Å². The van der Waals surface area contributed by atoms with Crippen molar-refractivity contribution in [2.75, 3.05) is 13.7 Å². The Hall–Kier alpha value is -2.65. The van der Waals surface area contributed by atoms with E-state index in [9.17, 15) is 14.7 Å². The molecule has 1 atom stereocenters. The fraction of sp³-hybridized carbons (Fsp3) is 0.158. The number of aliphatic carboxylic acids is 1. The van der Waals surface area contributed by atoms with Gasteiger partial charge in [0.25, 0.3) is 5.12 Å². The highest BCUT2D eigenvalue weighted by Gasteiger charge is 2.32.